The monoisotopic (exact) mass is 421 g/mol. The van der Waals surface area contributed by atoms with Gasteiger partial charge in [0.1, 0.15) is 5.75 Å². The van der Waals surface area contributed by atoms with Crippen molar-refractivity contribution in [1.29, 1.82) is 0 Å². The third-order valence-electron chi connectivity index (χ3n) is 4.17. The maximum absolute atomic E-state index is 12.6. The van der Waals surface area contributed by atoms with Gasteiger partial charge in [0.25, 0.3) is 11.8 Å². The van der Waals surface area contributed by atoms with E-state index in [0.29, 0.717) is 23.7 Å². The highest BCUT2D eigenvalue weighted by Gasteiger charge is 2.15. The number of rotatable bonds is 7. The Morgan fingerprint density at radius 3 is 2.80 bits per heavy atom. The lowest BCUT2D eigenvalue weighted by molar-refractivity contribution is -0.122. The number of hydrogen-bond acceptors (Lipinski definition) is 6. The van der Waals surface area contributed by atoms with Crippen LogP contribution in [0.25, 0.3) is 21.0 Å². The molecule has 0 bridgehead atoms. The van der Waals surface area contributed by atoms with Crippen LogP contribution in [0.3, 0.4) is 0 Å². The first-order chi connectivity index (χ1) is 14.6. The molecular weight excluding hydrogens is 402 g/mol. The van der Waals surface area contributed by atoms with Gasteiger partial charge in [0.15, 0.2) is 23.1 Å². The molecule has 0 atom stereocenters. The second-order valence-electron chi connectivity index (χ2n) is 6.37. The fourth-order valence-corrected chi connectivity index (χ4v) is 3.73. The Kier molecular flexibility index (Phi) is 5.76. The van der Waals surface area contributed by atoms with Gasteiger partial charge in [-0.3, -0.25) is 9.59 Å². The minimum Gasteiger partial charge on any atom is -0.484 e. The van der Waals surface area contributed by atoms with E-state index in [1.165, 1.54) is 11.3 Å². The second-order valence-corrected chi connectivity index (χ2v) is 7.41. The molecular formula is C22H19N3O4S. The van der Waals surface area contributed by atoms with Crippen LogP contribution in [-0.4, -0.2) is 29.9 Å². The summed E-state index contributed by atoms with van der Waals surface area (Å²) in [7, 11) is 0. The summed E-state index contributed by atoms with van der Waals surface area (Å²) in [6.45, 7) is 2.29. The van der Waals surface area contributed by atoms with E-state index in [9.17, 15) is 9.59 Å². The van der Waals surface area contributed by atoms with Crippen molar-refractivity contribution >= 4 is 39.1 Å². The van der Waals surface area contributed by atoms with Gasteiger partial charge < -0.3 is 19.8 Å². The van der Waals surface area contributed by atoms with Gasteiger partial charge in [0.05, 0.1) is 10.2 Å². The van der Waals surface area contributed by atoms with Crippen molar-refractivity contribution in [3.8, 4) is 16.5 Å². The first kappa shape index (κ1) is 19.7. The van der Waals surface area contributed by atoms with Gasteiger partial charge >= 0.3 is 0 Å². The molecule has 2 aromatic carbocycles. The molecule has 0 aliphatic heterocycles. The summed E-state index contributed by atoms with van der Waals surface area (Å²) in [5.74, 6) is 0.611. The van der Waals surface area contributed by atoms with E-state index in [1.54, 1.807) is 36.4 Å². The molecule has 30 heavy (non-hydrogen) atoms. The molecule has 0 fully saturated rings. The highest BCUT2D eigenvalue weighted by Crippen LogP contribution is 2.31. The van der Waals surface area contributed by atoms with E-state index >= 15 is 0 Å². The molecule has 0 saturated carbocycles. The number of aromatic nitrogens is 1. The van der Waals surface area contributed by atoms with E-state index in [4.69, 9.17) is 9.15 Å². The van der Waals surface area contributed by atoms with Crippen LogP contribution in [0.2, 0.25) is 0 Å². The summed E-state index contributed by atoms with van der Waals surface area (Å²) in [5, 5.41) is 6.15. The van der Waals surface area contributed by atoms with Gasteiger partial charge in [-0.2, -0.15) is 0 Å². The largest absolute Gasteiger partial charge is 0.484 e. The maximum Gasteiger partial charge on any atom is 0.291 e. The average molecular weight is 421 g/mol. The molecule has 8 heteroatoms. The van der Waals surface area contributed by atoms with Crippen LogP contribution in [0.15, 0.2) is 65.1 Å². The maximum atomic E-state index is 12.6. The third-order valence-corrected chi connectivity index (χ3v) is 5.22. The average Bonchev–Trinajstić information content (AvgIpc) is 3.40. The predicted octanol–water partition coefficient (Wildman–Crippen LogP) is 4.32. The number of anilines is 1. The standard InChI is InChI=1S/C22H19N3O4S/c1-2-23-20(26)13-28-15-7-5-6-14(12-15)24-21(27)17-10-11-18(29-17)22-25-16-8-3-4-9-19(16)30-22/h3-12H,2,13H2,1H3,(H,23,26)(H,24,27). The zero-order chi connectivity index (χ0) is 20.9. The van der Waals surface area contributed by atoms with Crippen LogP contribution in [0.1, 0.15) is 17.5 Å². The topological polar surface area (TPSA) is 93.5 Å². The molecule has 2 heterocycles. The Bertz CT molecular complexity index is 1160. The van der Waals surface area contributed by atoms with Crippen molar-refractivity contribution in [2.75, 3.05) is 18.5 Å². The predicted molar refractivity (Wildman–Crippen MR) is 116 cm³/mol. The molecule has 0 unspecified atom stereocenters. The number of amides is 2. The number of para-hydroxylation sites is 1. The number of carbonyl (C=O) groups is 2. The molecule has 0 spiro atoms. The lowest BCUT2D eigenvalue weighted by Gasteiger charge is -2.08. The van der Waals surface area contributed by atoms with Crippen LogP contribution >= 0.6 is 11.3 Å². The van der Waals surface area contributed by atoms with Crippen molar-refractivity contribution in [3.63, 3.8) is 0 Å². The summed E-state index contributed by atoms with van der Waals surface area (Å²) in [4.78, 5) is 28.6. The van der Waals surface area contributed by atoms with Crippen molar-refractivity contribution in [2.24, 2.45) is 0 Å². The molecule has 0 radical (unpaired) electrons. The summed E-state index contributed by atoms with van der Waals surface area (Å²) in [6.07, 6.45) is 0. The SMILES string of the molecule is CCNC(=O)COc1cccc(NC(=O)c2ccc(-c3nc4ccccc4s3)o2)c1. The minimum atomic E-state index is -0.386. The minimum absolute atomic E-state index is 0.0883. The number of ether oxygens (including phenoxy) is 1. The van der Waals surface area contributed by atoms with E-state index < -0.39 is 0 Å². The van der Waals surface area contributed by atoms with Gasteiger partial charge in [-0.1, -0.05) is 18.2 Å². The lowest BCUT2D eigenvalue weighted by Crippen LogP contribution is -2.28. The Morgan fingerprint density at radius 2 is 1.97 bits per heavy atom. The Labute approximate surface area is 176 Å². The van der Waals surface area contributed by atoms with Crippen molar-refractivity contribution in [3.05, 3.63) is 66.4 Å². The molecule has 0 aliphatic rings. The number of carbonyl (C=O) groups excluding carboxylic acids is 2. The number of thiazole rings is 1. The van der Waals surface area contributed by atoms with E-state index in [1.807, 2.05) is 31.2 Å². The fourth-order valence-electron chi connectivity index (χ4n) is 2.81. The second kappa shape index (κ2) is 8.79. The van der Waals surface area contributed by atoms with Crippen molar-refractivity contribution < 1.29 is 18.7 Å². The zero-order valence-electron chi connectivity index (χ0n) is 16.2. The molecule has 4 aromatic rings. The number of fused-ring (bicyclic) bond motifs is 1. The van der Waals surface area contributed by atoms with Gasteiger partial charge in [0.2, 0.25) is 0 Å². The quantitative estimate of drug-likeness (QED) is 0.463. The molecule has 0 aliphatic carbocycles. The summed E-state index contributed by atoms with van der Waals surface area (Å²) in [5.41, 5.74) is 1.43. The fraction of sp³-hybridized carbons (Fsp3) is 0.136. The summed E-state index contributed by atoms with van der Waals surface area (Å²) in [6, 6.07) is 18.0. The number of benzene rings is 2. The Balaban J connectivity index is 1.43. The number of likely N-dealkylation sites (N-methyl/N-ethyl adjacent to an activating group) is 1. The van der Waals surface area contributed by atoms with E-state index in [-0.39, 0.29) is 24.2 Å². The summed E-state index contributed by atoms with van der Waals surface area (Å²) >= 11 is 1.51. The first-order valence-electron chi connectivity index (χ1n) is 9.39. The Hall–Kier alpha value is -3.65. The normalized spacial score (nSPS) is 10.7. The molecule has 2 N–H and O–H groups in total. The van der Waals surface area contributed by atoms with Crippen LogP contribution in [-0.2, 0) is 4.79 Å². The molecule has 0 saturated heterocycles. The van der Waals surface area contributed by atoms with Crippen LogP contribution in [0.4, 0.5) is 5.69 Å². The van der Waals surface area contributed by atoms with Gasteiger partial charge in [-0.15, -0.1) is 11.3 Å². The van der Waals surface area contributed by atoms with Gasteiger partial charge in [-0.05, 0) is 43.3 Å². The molecule has 7 nitrogen and oxygen atoms in total. The van der Waals surface area contributed by atoms with Gasteiger partial charge in [0, 0.05) is 18.3 Å². The highest BCUT2D eigenvalue weighted by atomic mass is 32.1. The van der Waals surface area contributed by atoms with Gasteiger partial charge in [-0.25, -0.2) is 4.98 Å². The Morgan fingerprint density at radius 1 is 1.10 bits per heavy atom. The van der Waals surface area contributed by atoms with E-state index in [2.05, 4.69) is 15.6 Å². The smallest absolute Gasteiger partial charge is 0.291 e. The van der Waals surface area contributed by atoms with E-state index in [0.717, 1.165) is 15.2 Å². The summed E-state index contributed by atoms with van der Waals surface area (Å²) < 4.78 is 12.2. The number of hydrogen-bond donors (Lipinski definition) is 2. The van der Waals surface area contributed by atoms with Crippen LogP contribution in [0.5, 0.6) is 5.75 Å². The number of furan rings is 1. The van der Waals surface area contributed by atoms with Crippen molar-refractivity contribution in [2.45, 2.75) is 6.92 Å². The number of nitrogens with zero attached hydrogens (tertiary/aromatic N) is 1. The highest BCUT2D eigenvalue weighted by molar-refractivity contribution is 7.21. The third kappa shape index (κ3) is 4.49. The first-order valence-corrected chi connectivity index (χ1v) is 10.2. The molecule has 2 amide bonds. The lowest BCUT2D eigenvalue weighted by atomic mass is 10.3. The van der Waals surface area contributed by atoms with Crippen LogP contribution < -0.4 is 15.4 Å². The molecule has 4 rings (SSSR count). The number of nitrogens with one attached hydrogen (secondary N) is 2. The zero-order valence-corrected chi connectivity index (χ0v) is 17.0. The molecule has 2 aromatic heterocycles. The van der Waals surface area contributed by atoms with Crippen LogP contribution in [0, 0.1) is 0 Å². The molecule has 152 valence electrons. The van der Waals surface area contributed by atoms with Crippen molar-refractivity contribution in [1.82, 2.24) is 10.3 Å².